The van der Waals surface area contributed by atoms with Gasteiger partial charge in [0.1, 0.15) is 6.04 Å². The summed E-state index contributed by atoms with van der Waals surface area (Å²) >= 11 is 7.45. The maximum Gasteiger partial charge on any atom is 0.233 e. The van der Waals surface area contributed by atoms with Crippen molar-refractivity contribution in [3.63, 3.8) is 0 Å². The molecule has 1 aromatic heterocycles. The number of anilines is 1. The number of fused-ring (bicyclic) bond motifs is 5. The van der Waals surface area contributed by atoms with Crippen LogP contribution in [-0.4, -0.2) is 29.7 Å². The van der Waals surface area contributed by atoms with Gasteiger partial charge in [0.05, 0.1) is 22.8 Å². The number of nitrogens with zero attached hydrogens (tertiary/aromatic N) is 1. The molecule has 2 aromatic rings. The summed E-state index contributed by atoms with van der Waals surface area (Å²) in [5.41, 5.74) is 1.71. The Labute approximate surface area is 158 Å². The summed E-state index contributed by atoms with van der Waals surface area (Å²) in [6.45, 7) is 0. The summed E-state index contributed by atoms with van der Waals surface area (Å²) in [6, 6.07) is 7.98. The fraction of sp³-hybridized carbons (Fsp3) is 0.211. The van der Waals surface area contributed by atoms with Gasteiger partial charge in [-0.1, -0.05) is 29.8 Å². The maximum absolute atomic E-state index is 13.3. The normalized spacial score (nSPS) is 28.6. The third kappa shape index (κ3) is 2.06. The van der Waals surface area contributed by atoms with Gasteiger partial charge in [-0.3, -0.25) is 19.7 Å². The van der Waals surface area contributed by atoms with Crippen molar-refractivity contribution in [1.29, 1.82) is 0 Å². The van der Waals surface area contributed by atoms with Crippen molar-refractivity contribution in [2.75, 3.05) is 4.90 Å². The summed E-state index contributed by atoms with van der Waals surface area (Å²) in [6.07, 6.45) is 3.81. The molecule has 5 rings (SSSR count). The summed E-state index contributed by atoms with van der Waals surface area (Å²) in [7, 11) is 0. The van der Waals surface area contributed by atoms with E-state index in [1.165, 1.54) is 11.3 Å². The van der Waals surface area contributed by atoms with E-state index in [0.717, 1.165) is 11.3 Å². The lowest BCUT2D eigenvalue weighted by Gasteiger charge is -2.35. The Morgan fingerprint density at radius 2 is 1.96 bits per heavy atom. The minimum absolute atomic E-state index is 0.126. The van der Waals surface area contributed by atoms with Gasteiger partial charge in [-0.15, -0.1) is 11.3 Å². The molecule has 1 N–H and O–H groups in total. The Bertz CT molecular complexity index is 985. The molecule has 1 aromatic carbocycles. The third-order valence-electron chi connectivity index (χ3n) is 5.34. The van der Waals surface area contributed by atoms with E-state index < -0.39 is 17.9 Å². The Balaban J connectivity index is 1.69. The molecule has 4 atom stereocenters. The van der Waals surface area contributed by atoms with E-state index >= 15 is 0 Å². The highest BCUT2D eigenvalue weighted by molar-refractivity contribution is 7.12. The van der Waals surface area contributed by atoms with Gasteiger partial charge in [-0.2, -0.15) is 0 Å². The maximum atomic E-state index is 13.3. The lowest BCUT2D eigenvalue weighted by molar-refractivity contribution is -0.126. The number of imide groups is 1. The van der Waals surface area contributed by atoms with Gasteiger partial charge >= 0.3 is 0 Å². The van der Waals surface area contributed by atoms with Crippen LogP contribution in [0.4, 0.5) is 5.69 Å². The molecule has 5 nitrogen and oxygen atoms in total. The second-order valence-corrected chi connectivity index (χ2v) is 8.04. The smallest absolute Gasteiger partial charge is 0.233 e. The highest BCUT2D eigenvalue weighted by Crippen LogP contribution is 2.47. The fourth-order valence-electron chi connectivity index (χ4n) is 4.33. The number of rotatable bonds is 2. The molecular weight excluding hydrogens is 372 g/mol. The molecule has 0 spiro atoms. The van der Waals surface area contributed by atoms with Gasteiger partial charge in [0.2, 0.25) is 11.8 Å². The first-order valence-corrected chi connectivity index (χ1v) is 9.50. The number of amides is 2. The third-order valence-corrected chi connectivity index (χ3v) is 6.46. The van der Waals surface area contributed by atoms with E-state index in [-0.39, 0.29) is 23.6 Å². The van der Waals surface area contributed by atoms with Crippen molar-refractivity contribution in [2.24, 2.45) is 11.8 Å². The molecule has 0 radical (unpaired) electrons. The molecule has 2 amide bonds. The van der Waals surface area contributed by atoms with E-state index in [2.05, 4.69) is 5.32 Å². The van der Waals surface area contributed by atoms with Crippen LogP contribution in [0.3, 0.4) is 0 Å². The zero-order valence-electron chi connectivity index (χ0n) is 13.4. The van der Waals surface area contributed by atoms with Crippen LogP contribution >= 0.6 is 22.9 Å². The number of Topliss-reactive ketones (excluding diaryl/α,β-unsaturated/α-hetero) is 1. The zero-order chi connectivity index (χ0) is 18.0. The fourth-order valence-corrected chi connectivity index (χ4v) is 5.20. The molecule has 3 aliphatic heterocycles. The molecule has 7 heteroatoms. The van der Waals surface area contributed by atoms with Crippen LogP contribution in [0.5, 0.6) is 0 Å². The summed E-state index contributed by atoms with van der Waals surface area (Å²) < 4.78 is 0. The molecule has 0 unspecified atom stereocenters. The minimum Gasteiger partial charge on any atom is -0.352 e. The minimum atomic E-state index is -0.708. The van der Waals surface area contributed by atoms with Crippen LogP contribution in [0.2, 0.25) is 5.02 Å². The number of hydrogen-bond donors (Lipinski definition) is 1. The summed E-state index contributed by atoms with van der Waals surface area (Å²) in [4.78, 5) is 40.7. The number of carbonyl (C=O) groups excluding carboxylic acids is 3. The van der Waals surface area contributed by atoms with Crippen LogP contribution < -0.4 is 10.2 Å². The molecule has 4 heterocycles. The predicted molar refractivity (Wildman–Crippen MR) is 99.3 cm³/mol. The van der Waals surface area contributed by atoms with E-state index in [1.54, 1.807) is 12.1 Å². The van der Waals surface area contributed by atoms with E-state index in [9.17, 15) is 14.4 Å². The van der Waals surface area contributed by atoms with E-state index in [4.69, 9.17) is 11.6 Å². The number of halogens is 1. The van der Waals surface area contributed by atoms with E-state index in [1.807, 2.05) is 40.6 Å². The summed E-state index contributed by atoms with van der Waals surface area (Å²) in [5, 5.41) is 4.84. The first kappa shape index (κ1) is 15.8. The SMILES string of the molecule is O=C1NC(=O)[C@H]2[C@H]1[C@H]1C=Cc3cc(Cl)ccc3N1[C@@H]2C(=O)c1cccs1. The first-order chi connectivity index (χ1) is 12.6. The lowest BCUT2D eigenvalue weighted by Crippen LogP contribution is -2.47. The average molecular weight is 385 g/mol. The summed E-state index contributed by atoms with van der Waals surface area (Å²) in [5.74, 6) is -2.05. The van der Waals surface area contributed by atoms with Crippen molar-refractivity contribution in [3.8, 4) is 0 Å². The predicted octanol–water partition coefficient (Wildman–Crippen LogP) is 2.76. The largest absolute Gasteiger partial charge is 0.352 e. The molecular formula is C19H13ClN2O3S. The quantitative estimate of drug-likeness (QED) is 0.638. The number of carbonyl (C=O) groups is 3. The van der Waals surface area contributed by atoms with E-state index in [0.29, 0.717) is 9.90 Å². The zero-order valence-corrected chi connectivity index (χ0v) is 15.0. The average Bonchev–Trinajstić information content (AvgIpc) is 3.31. The number of benzene rings is 1. The Morgan fingerprint density at radius 3 is 2.73 bits per heavy atom. The van der Waals surface area contributed by atoms with Crippen LogP contribution in [0.1, 0.15) is 15.2 Å². The number of thiophene rings is 1. The molecule has 0 saturated carbocycles. The standard InChI is InChI=1S/C19H13ClN2O3S/c20-10-4-6-11-9(8-10)3-5-12-14-15(19(25)21-18(14)24)16(22(11)12)17(23)13-2-1-7-26-13/h1-8,12,14-16H,(H,21,24,25)/t12-,14-,15+,16+/m1/s1. The number of nitrogens with one attached hydrogen (secondary N) is 1. The van der Waals surface area contributed by atoms with Crippen molar-refractivity contribution in [1.82, 2.24) is 5.32 Å². The lowest BCUT2D eigenvalue weighted by atomic mass is 9.87. The van der Waals surface area contributed by atoms with Crippen molar-refractivity contribution in [3.05, 3.63) is 57.3 Å². The van der Waals surface area contributed by atoms with Crippen LogP contribution in [0.25, 0.3) is 6.08 Å². The Morgan fingerprint density at radius 1 is 1.15 bits per heavy atom. The van der Waals surface area contributed by atoms with Crippen molar-refractivity contribution in [2.45, 2.75) is 12.1 Å². The van der Waals surface area contributed by atoms with Gasteiger partial charge in [0, 0.05) is 10.7 Å². The molecule has 2 saturated heterocycles. The molecule has 0 bridgehead atoms. The molecule has 26 heavy (non-hydrogen) atoms. The monoisotopic (exact) mass is 384 g/mol. The molecule has 3 aliphatic rings. The van der Waals surface area contributed by atoms with Gasteiger partial charge in [-0.25, -0.2) is 0 Å². The van der Waals surface area contributed by atoms with Gasteiger partial charge in [0.25, 0.3) is 0 Å². The van der Waals surface area contributed by atoms with Crippen molar-refractivity contribution >= 4 is 52.3 Å². The van der Waals surface area contributed by atoms with Crippen molar-refractivity contribution < 1.29 is 14.4 Å². The number of hydrogen-bond acceptors (Lipinski definition) is 5. The van der Waals surface area contributed by atoms with Gasteiger partial charge < -0.3 is 4.90 Å². The van der Waals surface area contributed by atoms with Gasteiger partial charge in [-0.05, 0) is 35.2 Å². The second-order valence-electron chi connectivity index (χ2n) is 6.65. The number of ketones is 1. The van der Waals surface area contributed by atoms with Gasteiger partial charge in [0.15, 0.2) is 5.78 Å². The Kier molecular flexibility index (Phi) is 3.36. The molecule has 0 aliphatic carbocycles. The van der Waals surface area contributed by atoms with Crippen LogP contribution in [0.15, 0.2) is 41.8 Å². The van der Waals surface area contributed by atoms with Crippen LogP contribution in [0, 0.1) is 11.8 Å². The first-order valence-electron chi connectivity index (χ1n) is 8.25. The topological polar surface area (TPSA) is 66.5 Å². The second kappa shape index (κ2) is 5.53. The highest BCUT2D eigenvalue weighted by atomic mass is 35.5. The molecule has 2 fully saturated rings. The van der Waals surface area contributed by atoms with Crippen LogP contribution in [-0.2, 0) is 9.59 Å². The highest BCUT2D eigenvalue weighted by Gasteiger charge is 2.61. The Hall–Kier alpha value is -2.44. The molecule has 130 valence electrons.